The quantitative estimate of drug-likeness (QED) is 0.542. The van der Waals surface area contributed by atoms with Gasteiger partial charge in [0.05, 0.1) is 5.69 Å². The fourth-order valence-electron chi connectivity index (χ4n) is 4.79. The van der Waals surface area contributed by atoms with Crippen molar-refractivity contribution in [2.75, 3.05) is 26.2 Å². The SMILES string of the molecule is C=C(c1ccc(-c2ccc3c(c2)N=C(N)CC(C(=O)N(CCC)CCC)=C3)cc1)N1CCCC1. The van der Waals surface area contributed by atoms with Crippen molar-refractivity contribution in [3.05, 3.63) is 65.7 Å². The molecule has 2 N–H and O–H groups in total. The van der Waals surface area contributed by atoms with E-state index < -0.39 is 0 Å². The smallest absolute Gasteiger partial charge is 0.250 e. The third kappa shape index (κ3) is 5.24. The first-order valence-corrected chi connectivity index (χ1v) is 12.5. The van der Waals surface area contributed by atoms with Crippen LogP contribution in [-0.4, -0.2) is 47.7 Å². The van der Waals surface area contributed by atoms with Gasteiger partial charge < -0.3 is 15.5 Å². The fraction of sp³-hybridized carbons (Fsp3) is 0.379. The molecule has 0 aliphatic carbocycles. The molecular weight excluding hydrogens is 420 g/mol. The average Bonchev–Trinajstić information content (AvgIpc) is 3.33. The van der Waals surface area contributed by atoms with Crippen LogP contribution in [-0.2, 0) is 4.79 Å². The van der Waals surface area contributed by atoms with E-state index in [1.54, 1.807) is 0 Å². The molecule has 5 nitrogen and oxygen atoms in total. The van der Waals surface area contributed by atoms with Crippen molar-refractivity contribution in [1.82, 2.24) is 9.80 Å². The summed E-state index contributed by atoms with van der Waals surface area (Å²) >= 11 is 0. The van der Waals surface area contributed by atoms with Crippen LogP contribution in [0, 0.1) is 0 Å². The number of hydrogen-bond acceptors (Lipinski definition) is 4. The third-order valence-electron chi connectivity index (χ3n) is 6.58. The van der Waals surface area contributed by atoms with Crippen molar-refractivity contribution in [2.24, 2.45) is 10.7 Å². The van der Waals surface area contributed by atoms with E-state index in [9.17, 15) is 4.79 Å². The Kier molecular flexibility index (Phi) is 7.51. The van der Waals surface area contributed by atoms with Gasteiger partial charge in [-0.25, -0.2) is 4.99 Å². The lowest BCUT2D eigenvalue weighted by Gasteiger charge is -2.22. The summed E-state index contributed by atoms with van der Waals surface area (Å²) < 4.78 is 0. The number of amidine groups is 1. The van der Waals surface area contributed by atoms with Crippen LogP contribution in [0.15, 0.2) is 59.6 Å². The molecule has 0 bridgehead atoms. The number of hydrogen-bond donors (Lipinski definition) is 1. The van der Waals surface area contributed by atoms with Crippen molar-refractivity contribution in [2.45, 2.75) is 46.0 Å². The molecule has 2 aromatic rings. The summed E-state index contributed by atoms with van der Waals surface area (Å²) in [7, 11) is 0. The molecule has 2 aliphatic rings. The zero-order valence-electron chi connectivity index (χ0n) is 20.5. The van der Waals surface area contributed by atoms with Crippen LogP contribution in [0.25, 0.3) is 22.9 Å². The lowest BCUT2D eigenvalue weighted by Crippen LogP contribution is -2.34. The number of nitrogens with two attached hydrogens (primary N) is 1. The second-order valence-corrected chi connectivity index (χ2v) is 9.23. The highest BCUT2D eigenvalue weighted by molar-refractivity contribution is 6.05. The second kappa shape index (κ2) is 10.7. The highest BCUT2D eigenvalue weighted by Gasteiger charge is 2.21. The Morgan fingerprint density at radius 2 is 1.68 bits per heavy atom. The van der Waals surface area contributed by atoms with E-state index in [0.29, 0.717) is 17.8 Å². The molecule has 0 unspecified atom stereocenters. The minimum atomic E-state index is 0.0626. The molecule has 0 radical (unpaired) electrons. The Hall–Kier alpha value is -3.34. The number of likely N-dealkylation sites (tertiary alicyclic amines) is 1. The molecule has 178 valence electrons. The number of carbonyl (C=O) groups is 1. The van der Waals surface area contributed by atoms with Gasteiger partial charge in [-0.15, -0.1) is 0 Å². The molecule has 1 fully saturated rings. The summed E-state index contributed by atoms with van der Waals surface area (Å²) in [4.78, 5) is 22.1. The summed E-state index contributed by atoms with van der Waals surface area (Å²) in [6, 6.07) is 14.8. The molecule has 34 heavy (non-hydrogen) atoms. The van der Waals surface area contributed by atoms with E-state index in [2.05, 4.69) is 66.7 Å². The molecule has 2 aliphatic heterocycles. The number of nitrogens with zero attached hydrogens (tertiary/aromatic N) is 3. The van der Waals surface area contributed by atoms with Gasteiger partial charge in [0.15, 0.2) is 0 Å². The Morgan fingerprint density at radius 1 is 1.03 bits per heavy atom. The highest BCUT2D eigenvalue weighted by atomic mass is 16.2. The van der Waals surface area contributed by atoms with Gasteiger partial charge in [0.1, 0.15) is 5.84 Å². The van der Waals surface area contributed by atoms with Gasteiger partial charge in [0, 0.05) is 49.4 Å². The molecule has 2 aromatic carbocycles. The normalized spacial score (nSPS) is 15.3. The van der Waals surface area contributed by atoms with Gasteiger partial charge in [-0.05, 0) is 54.5 Å². The molecule has 0 aromatic heterocycles. The summed E-state index contributed by atoms with van der Waals surface area (Å²) in [6.07, 6.45) is 6.70. The van der Waals surface area contributed by atoms with Crippen LogP contribution in [0.2, 0.25) is 0 Å². The predicted octanol–water partition coefficient (Wildman–Crippen LogP) is 5.84. The van der Waals surface area contributed by atoms with Gasteiger partial charge in [-0.3, -0.25) is 4.79 Å². The Morgan fingerprint density at radius 3 is 2.32 bits per heavy atom. The van der Waals surface area contributed by atoms with Crippen molar-refractivity contribution in [1.29, 1.82) is 0 Å². The summed E-state index contributed by atoms with van der Waals surface area (Å²) in [6.45, 7) is 12.2. The number of aliphatic imine (C=N–C) groups is 1. The Labute approximate surface area is 203 Å². The first-order valence-electron chi connectivity index (χ1n) is 12.5. The van der Waals surface area contributed by atoms with Gasteiger partial charge in [-0.1, -0.05) is 56.8 Å². The molecular formula is C29H36N4O. The third-order valence-corrected chi connectivity index (χ3v) is 6.58. The summed E-state index contributed by atoms with van der Waals surface area (Å²) in [5.74, 6) is 0.535. The Bertz CT molecular complexity index is 1100. The topological polar surface area (TPSA) is 61.9 Å². The van der Waals surface area contributed by atoms with Crippen LogP contribution in [0.5, 0.6) is 0 Å². The van der Waals surface area contributed by atoms with Crippen LogP contribution in [0.1, 0.15) is 57.1 Å². The molecule has 5 heteroatoms. The highest BCUT2D eigenvalue weighted by Crippen LogP contribution is 2.33. The molecule has 2 heterocycles. The number of rotatable bonds is 8. The number of carbonyl (C=O) groups excluding carboxylic acids is 1. The van der Waals surface area contributed by atoms with E-state index >= 15 is 0 Å². The molecule has 0 saturated carbocycles. The van der Waals surface area contributed by atoms with E-state index in [4.69, 9.17) is 5.73 Å². The van der Waals surface area contributed by atoms with Crippen LogP contribution in [0.3, 0.4) is 0 Å². The molecule has 0 atom stereocenters. The lowest BCUT2D eigenvalue weighted by molar-refractivity contribution is -0.127. The lowest BCUT2D eigenvalue weighted by atomic mass is 9.99. The number of benzene rings is 2. The first kappa shape index (κ1) is 23.8. The van der Waals surface area contributed by atoms with Crippen LogP contribution >= 0.6 is 0 Å². The van der Waals surface area contributed by atoms with Crippen molar-refractivity contribution in [3.8, 4) is 11.1 Å². The summed E-state index contributed by atoms with van der Waals surface area (Å²) in [5.41, 5.74) is 13.2. The monoisotopic (exact) mass is 456 g/mol. The maximum absolute atomic E-state index is 13.2. The first-order chi connectivity index (χ1) is 16.5. The standard InChI is InChI=1S/C29H36N4O/c1-4-14-33(15-5-2)29(34)26-18-25-13-12-24(19-27(25)31-28(30)20-26)23-10-8-22(9-11-23)21(3)32-16-6-7-17-32/h8-13,18-19H,3-7,14-17,20H2,1-2H3,(H2,30,31). The van der Waals surface area contributed by atoms with E-state index in [1.807, 2.05) is 17.0 Å². The van der Waals surface area contributed by atoms with Crippen molar-refractivity contribution in [3.63, 3.8) is 0 Å². The van der Waals surface area contributed by atoms with Gasteiger partial charge in [0.2, 0.25) is 5.91 Å². The summed E-state index contributed by atoms with van der Waals surface area (Å²) in [5, 5.41) is 0. The average molecular weight is 457 g/mol. The van der Waals surface area contributed by atoms with Gasteiger partial charge >= 0.3 is 0 Å². The van der Waals surface area contributed by atoms with E-state index in [0.717, 1.165) is 72.7 Å². The zero-order valence-corrected chi connectivity index (χ0v) is 20.5. The Balaban J connectivity index is 1.58. The number of fused-ring (bicyclic) bond motifs is 1. The predicted molar refractivity (Wildman–Crippen MR) is 143 cm³/mol. The van der Waals surface area contributed by atoms with E-state index in [-0.39, 0.29) is 5.91 Å². The fourth-order valence-corrected chi connectivity index (χ4v) is 4.79. The largest absolute Gasteiger partial charge is 0.387 e. The van der Waals surface area contributed by atoms with Crippen molar-refractivity contribution >= 4 is 29.2 Å². The molecule has 1 amide bonds. The molecule has 4 rings (SSSR count). The molecule has 1 saturated heterocycles. The number of amides is 1. The van der Waals surface area contributed by atoms with Crippen molar-refractivity contribution < 1.29 is 4.79 Å². The van der Waals surface area contributed by atoms with E-state index in [1.165, 1.54) is 12.8 Å². The van der Waals surface area contributed by atoms with Crippen LogP contribution < -0.4 is 5.73 Å². The van der Waals surface area contributed by atoms with Gasteiger partial charge in [-0.2, -0.15) is 0 Å². The minimum Gasteiger partial charge on any atom is -0.387 e. The zero-order chi connectivity index (χ0) is 24.1. The maximum Gasteiger partial charge on any atom is 0.250 e. The second-order valence-electron chi connectivity index (χ2n) is 9.23. The minimum absolute atomic E-state index is 0.0626. The van der Waals surface area contributed by atoms with Crippen LogP contribution in [0.4, 0.5) is 5.69 Å². The maximum atomic E-state index is 13.2. The van der Waals surface area contributed by atoms with Gasteiger partial charge in [0.25, 0.3) is 0 Å². The molecule has 0 spiro atoms.